The van der Waals surface area contributed by atoms with Crippen LogP contribution in [0, 0.1) is 5.92 Å². The lowest BCUT2D eigenvalue weighted by Crippen LogP contribution is -2.41. The van der Waals surface area contributed by atoms with Crippen LogP contribution in [0.15, 0.2) is 47.0 Å². The van der Waals surface area contributed by atoms with Gasteiger partial charge in [0.2, 0.25) is 5.91 Å². The predicted octanol–water partition coefficient (Wildman–Crippen LogP) is 1.72. The first-order valence-electron chi connectivity index (χ1n) is 9.51. The van der Waals surface area contributed by atoms with Gasteiger partial charge in [-0.3, -0.25) is 23.9 Å². The molecule has 1 saturated heterocycles. The topological polar surface area (TPSA) is 79.6 Å². The number of aromatic nitrogens is 3. The van der Waals surface area contributed by atoms with Gasteiger partial charge < -0.3 is 5.32 Å². The van der Waals surface area contributed by atoms with E-state index in [-0.39, 0.29) is 11.5 Å². The summed E-state index contributed by atoms with van der Waals surface area (Å²) in [5.74, 6) is 0.445. The number of carbonyl (C=O) groups excluding carboxylic acids is 1. The number of rotatable bonds is 6. The second kappa shape index (κ2) is 8.62. The number of piperidine rings is 1. The molecule has 0 saturated carbocycles. The van der Waals surface area contributed by atoms with Gasteiger partial charge in [-0.25, -0.2) is 4.98 Å². The number of fused-ring (bicyclic) bond motifs is 1. The van der Waals surface area contributed by atoms with Crippen molar-refractivity contribution in [1.29, 1.82) is 0 Å². The van der Waals surface area contributed by atoms with Crippen molar-refractivity contribution in [2.75, 3.05) is 19.6 Å². The Labute approximate surface area is 167 Å². The normalized spacial score (nSPS) is 17.6. The third-order valence-corrected chi connectivity index (χ3v) is 5.78. The Bertz CT molecular complexity index is 1000. The first-order chi connectivity index (χ1) is 13.7. The Morgan fingerprint density at radius 3 is 3.18 bits per heavy atom. The monoisotopic (exact) mass is 397 g/mol. The molecule has 1 N–H and O–H groups in total. The van der Waals surface area contributed by atoms with Gasteiger partial charge >= 0.3 is 0 Å². The molecule has 4 heterocycles. The number of likely N-dealkylation sites (tertiary alicyclic amines) is 1. The molecule has 1 unspecified atom stereocenters. The quantitative estimate of drug-likeness (QED) is 0.685. The summed E-state index contributed by atoms with van der Waals surface area (Å²) in [6, 6.07) is 5.38. The summed E-state index contributed by atoms with van der Waals surface area (Å²) in [5.41, 5.74) is 1.71. The fourth-order valence-corrected chi connectivity index (χ4v) is 4.41. The number of pyridine rings is 1. The summed E-state index contributed by atoms with van der Waals surface area (Å²) in [7, 11) is 0. The van der Waals surface area contributed by atoms with Crippen molar-refractivity contribution in [2.24, 2.45) is 5.92 Å². The molecule has 8 heteroatoms. The smallest absolute Gasteiger partial charge is 0.258 e. The molecule has 0 aliphatic carbocycles. The van der Waals surface area contributed by atoms with Crippen LogP contribution in [0.3, 0.4) is 0 Å². The largest absolute Gasteiger partial charge is 0.355 e. The van der Waals surface area contributed by atoms with E-state index in [2.05, 4.69) is 20.2 Å². The van der Waals surface area contributed by atoms with Gasteiger partial charge in [-0.1, -0.05) is 6.07 Å². The van der Waals surface area contributed by atoms with Crippen LogP contribution < -0.4 is 10.9 Å². The van der Waals surface area contributed by atoms with Gasteiger partial charge in [0.25, 0.3) is 5.56 Å². The van der Waals surface area contributed by atoms with E-state index >= 15 is 0 Å². The summed E-state index contributed by atoms with van der Waals surface area (Å²) in [6.45, 7) is 3.24. The van der Waals surface area contributed by atoms with Crippen LogP contribution >= 0.6 is 11.3 Å². The molecule has 1 atom stereocenters. The maximum atomic E-state index is 12.2. The maximum absolute atomic E-state index is 12.2. The molecular formula is C20H23N5O2S. The third-order valence-electron chi connectivity index (χ3n) is 5.02. The zero-order valence-corrected chi connectivity index (χ0v) is 16.4. The van der Waals surface area contributed by atoms with Crippen molar-refractivity contribution in [3.05, 3.63) is 63.8 Å². The van der Waals surface area contributed by atoms with E-state index in [1.807, 2.05) is 17.5 Å². The molecule has 1 amide bonds. The van der Waals surface area contributed by atoms with Gasteiger partial charge in [-0.2, -0.15) is 0 Å². The first-order valence-corrected chi connectivity index (χ1v) is 10.4. The Morgan fingerprint density at radius 1 is 1.39 bits per heavy atom. The highest BCUT2D eigenvalue weighted by Crippen LogP contribution is 2.18. The lowest BCUT2D eigenvalue weighted by atomic mass is 9.97. The first kappa shape index (κ1) is 18.8. The fourth-order valence-electron chi connectivity index (χ4n) is 3.67. The molecule has 0 spiro atoms. The Hall–Kier alpha value is -2.58. The van der Waals surface area contributed by atoms with Crippen molar-refractivity contribution in [2.45, 2.75) is 25.8 Å². The van der Waals surface area contributed by atoms with E-state index in [4.69, 9.17) is 0 Å². The highest BCUT2D eigenvalue weighted by atomic mass is 32.1. The average Bonchev–Trinajstić information content (AvgIpc) is 3.17. The standard InChI is InChI=1S/C20H23N5O2S/c26-18(9-15-3-1-5-21-11-15)22-12-16-4-2-6-24(13-16)14-17-10-19(27)25-7-8-28-20(25)23-17/h1,3,5,7-8,10-11,16H,2,4,6,9,12-14H2,(H,22,26). The Balaban J connectivity index is 1.30. The predicted molar refractivity (Wildman–Crippen MR) is 108 cm³/mol. The van der Waals surface area contributed by atoms with Crippen LogP contribution in [0.25, 0.3) is 4.96 Å². The van der Waals surface area contributed by atoms with Crippen LogP contribution in [-0.2, 0) is 17.8 Å². The molecule has 4 rings (SSSR count). The number of hydrogen-bond donors (Lipinski definition) is 1. The Morgan fingerprint density at radius 2 is 2.32 bits per heavy atom. The van der Waals surface area contributed by atoms with Gasteiger partial charge in [-0.05, 0) is 36.9 Å². The molecule has 1 fully saturated rings. The van der Waals surface area contributed by atoms with Crippen LogP contribution in [0.4, 0.5) is 0 Å². The molecule has 146 valence electrons. The molecule has 3 aromatic rings. The highest BCUT2D eigenvalue weighted by molar-refractivity contribution is 7.15. The van der Waals surface area contributed by atoms with E-state index < -0.39 is 0 Å². The average molecular weight is 398 g/mol. The number of nitrogens with one attached hydrogen (secondary N) is 1. The van der Waals surface area contributed by atoms with Gasteiger partial charge in [0, 0.05) is 49.7 Å². The minimum Gasteiger partial charge on any atom is -0.355 e. The van der Waals surface area contributed by atoms with Crippen LogP contribution in [0.1, 0.15) is 24.1 Å². The molecule has 0 aromatic carbocycles. The lowest BCUT2D eigenvalue weighted by Gasteiger charge is -2.32. The third kappa shape index (κ3) is 4.63. The Kier molecular flexibility index (Phi) is 5.78. The van der Waals surface area contributed by atoms with Crippen molar-refractivity contribution in [3.8, 4) is 0 Å². The molecule has 1 aliphatic heterocycles. The second-order valence-electron chi connectivity index (χ2n) is 7.23. The van der Waals surface area contributed by atoms with Gasteiger partial charge in [0.1, 0.15) is 0 Å². The van der Waals surface area contributed by atoms with Gasteiger partial charge in [-0.15, -0.1) is 11.3 Å². The van der Waals surface area contributed by atoms with Crippen LogP contribution in [0.5, 0.6) is 0 Å². The summed E-state index contributed by atoms with van der Waals surface area (Å²) >= 11 is 1.47. The number of thiazole rings is 1. The molecule has 1 aliphatic rings. The van der Waals surface area contributed by atoms with E-state index in [1.54, 1.807) is 29.1 Å². The van der Waals surface area contributed by atoms with Crippen LogP contribution in [-0.4, -0.2) is 44.8 Å². The zero-order chi connectivity index (χ0) is 19.3. The molecule has 3 aromatic heterocycles. The van der Waals surface area contributed by atoms with Crippen molar-refractivity contribution >= 4 is 22.2 Å². The fraction of sp³-hybridized carbons (Fsp3) is 0.400. The summed E-state index contributed by atoms with van der Waals surface area (Å²) in [4.78, 5) is 36.0. The van der Waals surface area contributed by atoms with Crippen molar-refractivity contribution < 1.29 is 4.79 Å². The molecule has 28 heavy (non-hydrogen) atoms. The number of hydrogen-bond acceptors (Lipinski definition) is 6. The van der Waals surface area contributed by atoms with E-state index in [9.17, 15) is 9.59 Å². The highest BCUT2D eigenvalue weighted by Gasteiger charge is 2.21. The lowest BCUT2D eigenvalue weighted by molar-refractivity contribution is -0.120. The van der Waals surface area contributed by atoms with Crippen LogP contribution in [0.2, 0.25) is 0 Å². The second-order valence-corrected chi connectivity index (χ2v) is 8.10. The molecule has 0 radical (unpaired) electrons. The van der Waals surface area contributed by atoms with E-state index in [0.717, 1.165) is 42.1 Å². The molecule has 7 nitrogen and oxygen atoms in total. The molecular weight excluding hydrogens is 374 g/mol. The number of carbonyl (C=O) groups is 1. The van der Waals surface area contributed by atoms with Crippen molar-refractivity contribution in [3.63, 3.8) is 0 Å². The number of nitrogens with zero attached hydrogens (tertiary/aromatic N) is 4. The number of amides is 1. The van der Waals surface area contributed by atoms with Gasteiger partial charge in [0.15, 0.2) is 4.96 Å². The molecule has 0 bridgehead atoms. The minimum absolute atomic E-state index is 0.0301. The summed E-state index contributed by atoms with van der Waals surface area (Å²) in [6.07, 6.45) is 7.73. The minimum atomic E-state index is -0.0301. The SMILES string of the molecule is O=C(Cc1cccnc1)NCC1CCCN(Cc2cc(=O)n3ccsc3n2)C1. The van der Waals surface area contributed by atoms with E-state index in [1.165, 1.54) is 11.3 Å². The van der Waals surface area contributed by atoms with Gasteiger partial charge in [0.05, 0.1) is 12.1 Å². The van der Waals surface area contributed by atoms with E-state index in [0.29, 0.717) is 25.4 Å². The zero-order valence-electron chi connectivity index (χ0n) is 15.6. The maximum Gasteiger partial charge on any atom is 0.258 e. The van der Waals surface area contributed by atoms with Crippen molar-refractivity contribution in [1.82, 2.24) is 24.6 Å². The summed E-state index contributed by atoms with van der Waals surface area (Å²) in [5, 5.41) is 4.93. The summed E-state index contributed by atoms with van der Waals surface area (Å²) < 4.78 is 1.57.